The van der Waals surface area contributed by atoms with Crippen LogP contribution in [0, 0.1) is 0 Å². The number of nitrogens with one attached hydrogen (secondary N) is 2. The van der Waals surface area contributed by atoms with Gasteiger partial charge in [-0.15, -0.1) is 11.8 Å². The number of carbonyl (C=O) groups excluding carboxylic acids is 2. The first-order valence-electron chi connectivity index (χ1n) is 9.97. The molecular weight excluding hydrogens is 458 g/mol. The summed E-state index contributed by atoms with van der Waals surface area (Å²) >= 11 is 2.78. The van der Waals surface area contributed by atoms with Crippen LogP contribution < -0.4 is 20.1 Å². The largest absolute Gasteiger partial charge is 0.497 e. The Labute approximate surface area is 199 Å². The molecule has 3 aromatic carbocycles. The van der Waals surface area contributed by atoms with Gasteiger partial charge in [-0.25, -0.2) is 4.98 Å². The Kier molecular flexibility index (Phi) is 7.11. The van der Waals surface area contributed by atoms with Crippen molar-refractivity contribution in [2.24, 2.45) is 0 Å². The molecule has 9 heteroatoms. The molecule has 2 N–H and O–H groups in total. The van der Waals surface area contributed by atoms with Crippen LogP contribution in [0.25, 0.3) is 10.2 Å². The van der Waals surface area contributed by atoms with E-state index in [0.717, 1.165) is 20.9 Å². The Morgan fingerprint density at radius 2 is 1.73 bits per heavy atom. The SMILES string of the molecule is COc1cccc(C(=O)Nc2cccc(SCC(=O)Nc3nc4ccc(OC)cc4s3)c2)c1. The van der Waals surface area contributed by atoms with Crippen molar-refractivity contribution in [3.05, 3.63) is 72.3 Å². The number of nitrogens with zero attached hydrogens (tertiary/aromatic N) is 1. The maximum atomic E-state index is 12.5. The van der Waals surface area contributed by atoms with Crippen LogP contribution in [0.3, 0.4) is 0 Å². The molecule has 0 saturated heterocycles. The number of fused-ring (bicyclic) bond motifs is 1. The van der Waals surface area contributed by atoms with Crippen LogP contribution in [0.5, 0.6) is 11.5 Å². The average Bonchev–Trinajstić information content (AvgIpc) is 3.24. The molecule has 0 saturated carbocycles. The summed E-state index contributed by atoms with van der Waals surface area (Å²) in [5.74, 6) is 1.19. The van der Waals surface area contributed by atoms with Crippen molar-refractivity contribution in [2.45, 2.75) is 4.90 Å². The van der Waals surface area contributed by atoms with Crippen LogP contribution in [-0.2, 0) is 4.79 Å². The third-order valence-corrected chi connectivity index (χ3v) is 6.56. The predicted molar refractivity (Wildman–Crippen MR) is 133 cm³/mol. The minimum absolute atomic E-state index is 0.156. The molecular formula is C24H21N3O4S2. The zero-order valence-electron chi connectivity index (χ0n) is 18.0. The zero-order chi connectivity index (χ0) is 23.2. The number of thiazole rings is 1. The van der Waals surface area contributed by atoms with Gasteiger partial charge in [0.2, 0.25) is 5.91 Å². The Morgan fingerprint density at radius 3 is 2.55 bits per heavy atom. The number of ether oxygens (including phenoxy) is 2. The Bertz CT molecular complexity index is 1310. The highest BCUT2D eigenvalue weighted by Crippen LogP contribution is 2.29. The molecule has 1 aromatic heterocycles. The van der Waals surface area contributed by atoms with E-state index in [2.05, 4.69) is 15.6 Å². The van der Waals surface area contributed by atoms with E-state index in [4.69, 9.17) is 9.47 Å². The number of hydrogen-bond acceptors (Lipinski definition) is 7. The smallest absolute Gasteiger partial charge is 0.255 e. The van der Waals surface area contributed by atoms with E-state index < -0.39 is 0 Å². The van der Waals surface area contributed by atoms with Crippen molar-refractivity contribution < 1.29 is 19.1 Å². The van der Waals surface area contributed by atoms with Gasteiger partial charge in [0.15, 0.2) is 5.13 Å². The molecule has 0 fully saturated rings. The molecule has 33 heavy (non-hydrogen) atoms. The molecule has 0 aliphatic heterocycles. The van der Waals surface area contributed by atoms with Crippen molar-refractivity contribution in [2.75, 3.05) is 30.6 Å². The maximum absolute atomic E-state index is 12.5. The van der Waals surface area contributed by atoms with E-state index in [1.54, 1.807) is 44.6 Å². The molecule has 4 aromatic rings. The molecule has 4 rings (SSSR count). The number of anilines is 2. The minimum Gasteiger partial charge on any atom is -0.497 e. The fourth-order valence-electron chi connectivity index (χ4n) is 3.02. The van der Waals surface area contributed by atoms with Gasteiger partial charge < -0.3 is 20.1 Å². The number of rotatable bonds is 8. The van der Waals surface area contributed by atoms with Gasteiger partial charge in [-0.3, -0.25) is 9.59 Å². The summed E-state index contributed by atoms with van der Waals surface area (Å²) in [6.07, 6.45) is 0. The number of aromatic nitrogens is 1. The van der Waals surface area contributed by atoms with E-state index in [9.17, 15) is 9.59 Å². The molecule has 0 atom stereocenters. The quantitative estimate of drug-likeness (QED) is 0.334. The van der Waals surface area contributed by atoms with E-state index in [-0.39, 0.29) is 17.6 Å². The summed E-state index contributed by atoms with van der Waals surface area (Å²) < 4.78 is 11.3. The zero-order valence-corrected chi connectivity index (χ0v) is 19.6. The Balaban J connectivity index is 1.34. The van der Waals surface area contributed by atoms with Crippen LogP contribution in [0.1, 0.15) is 10.4 Å². The second-order valence-corrected chi connectivity index (χ2v) is 8.98. The van der Waals surface area contributed by atoms with Gasteiger partial charge in [0.05, 0.1) is 30.2 Å². The monoisotopic (exact) mass is 479 g/mol. The fourth-order valence-corrected chi connectivity index (χ4v) is 4.69. The van der Waals surface area contributed by atoms with Gasteiger partial charge in [-0.05, 0) is 54.6 Å². The lowest BCUT2D eigenvalue weighted by atomic mass is 10.2. The van der Waals surface area contributed by atoms with Crippen molar-refractivity contribution in [3.8, 4) is 11.5 Å². The van der Waals surface area contributed by atoms with E-state index in [1.807, 2.05) is 36.4 Å². The van der Waals surface area contributed by atoms with Gasteiger partial charge in [-0.2, -0.15) is 0 Å². The lowest BCUT2D eigenvalue weighted by molar-refractivity contribution is -0.113. The van der Waals surface area contributed by atoms with E-state index in [1.165, 1.54) is 23.1 Å². The molecule has 0 radical (unpaired) electrons. The predicted octanol–water partition coefficient (Wildman–Crippen LogP) is 5.30. The molecule has 1 heterocycles. The fraction of sp³-hybridized carbons (Fsp3) is 0.125. The first-order chi connectivity index (χ1) is 16.0. The number of benzene rings is 3. The van der Waals surface area contributed by atoms with E-state index in [0.29, 0.717) is 22.1 Å². The lowest BCUT2D eigenvalue weighted by Crippen LogP contribution is -2.14. The van der Waals surface area contributed by atoms with Gasteiger partial charge in [0.25, 0.3) is 5.91 Å². The molecule has 0 aliphatic rings. The van der Waals surface area contributed by atoms with Crippen LogP contribution in [0.2, 0.25) is 0 Å². The molecule has 168 valence electrons. The summed E-state index contributed by atoms with van der Waals surface area (Å²) in [5, 5.41) is 6.26. The topological polar surface area (TPSA) is 89.5 Å². The van der Waals surface area contributed by atoms with E-state index >= 15 is 0 Å². The molecule has 7 nitrogen and oxygen atoms in total. The number of hydrogen-bond donors (Lipinski definition) is 2. The lowest BCUT2D eigenvalue weighted by Gasteiger charge is -2.08. The van der Waals surface area contributed by atoms with Gasteiger partial charge in [-0.1, -0.05) is 23.5 Å². The van der Waals surface area contributed by atoms with Crippen molar-refractivity contribution in [1.82, 2.24) is 4.98 Å². The van der Waals surface area contributed by atoms with Crippen LogP contribution >= 0.6 is 23.1 Å². The highest BCUT2D eigenvalue weighted by Gasteiger charge is 2.11. The number of thioether (sulfide) groups is 1. The second-order valence-electron chi connectivity index (χ2n) is 6.90. The Hall–Kier alpha value is -3.56. The third kappa shape index (κ3) is 5.82. The van der Waals surface area contributed by atoms with Crippen molar-refractivity contribution >= 4 is 55.9 Å². The maximum Gasteiger partial charge on any atom is 0.255 e. The van der Waals surface area contributed by atoms with Gasteiger partial charge in [0.1, 0.15) is 11.5 Å². The molecule has 0 bridgehead atoms. The first kappa shape index (κ1) is 22.6. The number of amides is 2. The summed E-state index contributed by atoms with van der Waals surface area (Å²) in [5.41, 5.74) is 1.96. The number of methoxy groups -OCH3 is 2. The highest BCUT2D eigenvalue weighted by molar-refractivity contribution is 8.00. The first-order valence-corrected chi connectivity index (χ1v) is 11.8. The molecule has 0 aliphatic carbocycles. The molecule has 0 unspecified atom stereocenters. The summed E-state index contributed by atoms with van der Waals surface area (Å²) in [7, 11) is 3.17. The highest BCUT2D eigenvalue weighted by atomic mass is 32.2. The van der Waals surface area contributed by atoms with Crippen LogP contribution in [0.4, 0.5) is 10.8 Å². The van der Waals surface area contributed by atoms with Crippen LogP contribution in [-0.4, -0.2) is 36.8 Å². The van der Waals surface area contributed by atoms with Crippen molar-refractivity contribution in [1.29, 1.82) is 0 Å². The normalized spacial score (nSPS) is 10.6. The van der Waals surface area contributed by atoms with Gasteiger partial charge >= 0.3 is 0 Å². The molecule has 2 amide bonds. The Morgan fingerprint density at radius 1 is 0.939 bits per heavy atom. The second kappa shape index (κ2) is 10.4. The summed E-state index contributed by atoms with van der Waals surface area (Å²) in [6, 6.07) is 19.9. The van der Waals surface area contributed by atoms with Crippen molar-refractivity contribution in [3.63, 3.8) is 0 Å². The minimum atomic E-state index is -0.235. The van der Waals surface area contributed by atoms with Crippen LogP contribution in [0.15, 0.2) is 71.6 Å². The molecule has 0 spiro atoms. The summed E-state index contributed by atoms with van der Waals surface area (Å²) in [6.45, 7) is 0. The number of carbonyl (C=O) groups is 2. The average molecular weight is 480 g/mol. The third-order valence-electron chi connectivity index (χ3n) is 4.64. The van der Waals surface area contributed by atoms with Gasteiger partial charge in [0, 0.05) is 16.1 Å². The standard InChI is InChI=1S/C24H21N3O4S2/c1-30-17-7-3-5-15(11-17)23(29)25-16-6-4-8-19(12-16)32-14-22(28)27-24-26-20-10-9-18(31-2)13-21(20)33-24/h3-13H,14H2,1-2H3,(H,25,29)(H,26,27,28). The summed E-state index contributed by atoms with van der Waals surface area (Å²) in [4.78, 5) is 30.2.